The molecule has 1 atom stereocenters. The first kappa shape index (κ1) is 18.3. The van der Waals surface area contributed by atoms with Gasteiger partial charge in [-0.2, -0.15) is 0 Å². The largest absolute Gasteiger partial charge is 0.353 e. The molecule has 4 rings (SSSR count). The number of aromatic nitrogens is 2. The molecule has 1 aromatic heterocycles. The van der Waals surface area contributed by atoms with Gasteiger partial charge in [0.25, 0.3) is 5.91 Å². The third-order valence-electron chi connectivity index (χ3n) is 6.16. The molecule has 3 fully saturated rings. The summed E-state index contributed by atoms with van der Waals surface area (Å²) in [6.07, 6.45) is 9.39. The fourth-order valence-corrected chi connectivity index (χ4v) is 4.30. The Kier molecular flexibility index (Phi) is 5.38. The van der Waals surface area contributed by atoms with Crippen LogP contribution in [0, 0.1) is 12.8 Å². The van der Waals surface area contributed by atoms with E-state index >= 15 is 0 Å². The number of nitrogens with one attached hydrogen (secondary N) is 1. The van der Waals surface area contributed by atoms with Crippen LogP contribution in [0.4, 0.5) is 0 Å². The summed E-state index contributed by atoms with van der Waals surface area (Å²) in [6, 6.07) is 0.909. The van der Waals surface area contributed by atoms with Crippen molar-refractivity contribution in [1.82, 2.24) is 25.1 Å². The average molecular weight is 371 g/mol. The van der Waals surface area contributed by atoms with Crippen LogP contribution < -0.4 is 5.32 Å². The second-order valence-electron chi connectivity index (χ2n) is 8.16. The van der Waals surface area contributed by atoms with Gasteiger partial charge in [-0.1, -0.05) is 0 Å². The molecule has 2 saturated heterocycles. The lowest BCUT2D eigenvalue weighted by Crippen LogP contribution is -2.51. The molecule has 2 aliphatic heterocycles. The number of rotatable bonds is 4. The number of hydrogen-bond acceptors (Lipinski definition) is 5. The smallest absolute Gasteiger partial charge is 0.257 e. The predicted molar refractivity (Wildman–Crippen MR) is 101 cm³/mol. The molecule has 27 heavy (non-hydrogen) atoms. The van der Waals surface area contributed by atoms with Crippen LogP contribution in [0.2, 0.25) is 0 Å². The number of aryl methyl sites for hydroxylation is 1. The molecule has 3 aliphatic rings. The maximum Gasteiger partial charge on any atom is 0.257 e. The highest BCUT2D eigenvalue weighted by molar-refractivity contribution is 5.94. The van der Waals surface area contributed by atoms with Crippen molar-refractivity contribution in [1.29, 1.82) is 0 Å². The zero-order valence-corrected chi connectivity index (χ0v) is 16.1. The third kappa shape index (κ3) is 4.29. The second-order valence-corrected chi connectivity index (χ2v) is 8.16. The normalized spacial score (nSPS) is 24.6. The Balaban J connectivity index is 1.30. The molecule has 2 amide bonds. The van der Waals surface area contributed by atoms with Crippen molar-refractivity contribution < 1.29 is 9.59 Å². The molecule has 0 unspecified atom stereocenters. The standard InChI is InChI=1S/C20H29N5O2/c1-14-18(11-21-13-22-14)20(27)24-9-6-17(7-10-24)25-8-2-3-15(12-25)19(26)23-16-4-5-16/h11,13,15-17H,2-10,12H2,1H3,(H,23,26)/t15-/m0/s1. The van der Waals surface area contributed by atoms with Crippen molar-refractivity contribution >= 4 is 11.8 Å². The molecule has 3 heterocycles. The predicted octanol–water partition coefficient (Wildman–Crippen LogP) is 1.38. The SMILES string of the molecule is Cc1ncncc1C(=O)N1CCC(N2CCC[C@H](C(=O)NC3CC3)C2)CC1. The minimum atomic E-state index is 0.0341. The Morgan fingerprint density at radius 2 is 1.89 bits per heavy atom. The molecule has 1 saturated carbocycles. The third-order valence-corrected chi connectivity index (χ3v) is 6.16. The Morgan fingerprint density at radius 3 is 2.59 bits per heavy atom. The van der Waals surface area contributed by atoms with E-state index in [0.717, 1.165) is 70.4 Å². The summed E-state index contributed by atoms with van der Waals surface area (Å²) in [5.74, 6) is 0.407. The Morgan fingerprint density at radius 1 is 1.11 bits per heavy atom. The highest BCUT2D eigenvalue weighted by atomic mass is 16.2. The lowest BCUT2D eigenvalue weighted by molar-refractivity contribution is -0.127. The van der Waals surface area contributed by atoms with Gasteiger partial charge < -0.3 is 10.2 Å². The number of nitrogens with zero attached hydrogens (tertiary/aromatic N) is 4. The van der Waals surface area contributed by atoms with Gasteiger partial charge in [0.05, 0.1) is 17.2 Å². The molecular weight excluding hydrogens is 342 g/mol. The molecule has 1 N–H and O–H groups in total. The van der Waals surface area contributed by atoms with Crippen LogP contribution >= 0.6 is 0 Å². The molecular formula is C20H29N5O2. The summed E-state index contributed by atoms with van der Waals surface area (Å²) < 4.78 is 0. The molecule has 7 nitrogen and oxygen atoms in total. The maximum absolute atomic E-state index is 12.7. The molecule has 1 aliphatic carbocycles. The molecule has 0 aromatic carbocycles. The van der Waals surface area contributed by atoms with Crippen molar-refractivity contribution in [2.24, 2.45) is 5.92 Å². The van der Waals surface area contributed by atoms with Gasteiger partial charge in [0.1, 0.15) is 6.33 Å². The number of amides is 2. The van der Waals surface area contributed by atoms with Crippen molar-refractivity contribution in [3.8, 4) is 0 Å². The maximum atomic E-state index is 12.7. The van der Waals surface area contributed by atoms with Gasteiger partial charge >= 0.3 is 0 Å². The number of carbonyl (C=O) groups excluding carboxylic acids is 2. The van der Waals surface area contributed by atoms with Crippen molar-refractivity contribution in [3.05, 3.63) is 23.8 Å². The Bertz CT molecular complexity index is 697. The molecule has 1 aromatic rings. The molecule has 7 heteroatoms. The van der Waals surface area contributed by atoms with E-state index < -0.39 is 0 Å². The fourth-order valence-electron chi connectivity index (χ4n) is 4.30. The van der Waals surface area contributed by atoms with Crippen molar-refractivity contribution in [2.45, 2.75) is 57.5 Å². The number of hydrogen-bond donors (Lipinski definition) is 1. The first-order valence-corrected chi connectivity index (χ1v) is 10.2. The lowest BCUT2D eigenvalue weighted by atomic mass is 9.93. The van der Waals surface area contributed by atoms with Gasteiger partial charge in [-0.05, 0) is 52.0 Å². The van der Waals surface area contributed by atoms with E-state index in [1.165, 1.54) is 6.33 Å². The van der Waals surface area contributed by atoms with Crippen LogP contribution in [-0.4, -0.2) is 69.8 Å². The minimum absolute atomic E-state index is 0.0341. The van der Waals surface area contributed by atoms with E-state index in [4.69, 9.17) is 0 Å². The number of piperidine rings is 2. The van der Waals surface area contributed by atoms with Crippen molar-refractivity contribution in [3.63, 3.8) is 0 Å². The first-order chi connectivity index (χ1) is 13.1. The fraction of sp³-hybridized carbons (Fsp3) is 0.700. The summed E-state index contributed by atoms with van der Waals surface area (Å²) in [5, 5.41) is 3.16. The van der Waals surface area contributed by atoms with Crippen LogP contribution in [-0.2, 0) is 4.79 Å². The van der Waals surface area contributed by atoms with E-state index in [1.807, 2.05) is 11.8 Å². The zero-order chi connectivity index (χ0) is 18.8. The summed E-state index contributed by atoms with van der Waals surface area (Å²) in [7, 11) is 0. The summed E-state index contributed by atoms with van der Waals surface area (Å²) in [5.41, 5.74) is 1.34. The summed E-state index contributed by atoms with van der Waals surface area (Å²) in [4.78, 5) is 37.7. The van der Waals surface area contributed by atoms with E-state index in [0.29, 0.717) is 17.6 Å². The minimum Gasteiger partial charge on any atom is -0.353 e. The molecule has 0 bridgehead atoms. The van der Waals surface area contributed by atoms with Gasteiger partial charge in [0.2, 0.25) is 5.91 Å². The van der Waals surface area contributed by atoms with Crippen LogP contribution in [0.5, 0.6) is 0 Å². The van der Waals surface area contributed by atoms with Crippen LogP contribution in [0.3, 0.4) is 0 Å². The Hall–Kier alpha value is -2.02. The van der Waals surface area contributed by atoms with Gasteiger partial charge in [-0.15, -0.1) is 0 Å². The zero-order valence-electron chi connectivity index (χ0n) is 16.1. The monoisotopic (exact) mass is 371 g/mol. The Labute approximate surface area is 160 Å². The van der Waals surface area contributed by atoms with E-state index in [-0.39, 0.29) is 17.7 Å². The number of likely N-dealkylation sites (tertiary alicyclic amines) is 2. The van der Waals surface area contributed by atoms with Gasteiger partial charge in [-0.25, -0.2) is 9.97 Å². The molecule has 0 spiro atoms. The van der Waals surface area contributed by atoms with Crippen LogP contribution in [0.25, 0.3) is 0 Å². The van der Waals surface area contributed by atoms with E-state index in [2.05, 4.69) is 20.2 Å². The highest BCUT2D eigenvalue weighted by Gasteiger charge is 2.34. The summed E-state index contributed by atoms with van der Waals surface area (Å²) >= 11 is 0. The lowest BCUT2D eigenvalue weighted by Gasteiger charge is -2.42. The van der Waals surface area contributed by atoms with Gasteiger partial charge in [0, 0.05) is 37.9 Å². The second kappa shape index (κ2) is 7.92. The van der Waals surface area contributed by atoms with Crippen molar-refractivity contribution in [2.75, 3.05) is 26.2 Å². The van der Waals surface area contributed by atoms with E-state index in [1.54, 1.807) is 6.20 Å². The van der Waals surface area contributed by atoms with Crippen LogP contribution in [0.15, 0.2) is 12.5 Å². The molecule has 146 valence electrons. The van der Waals surface area contributed by atoms with E-state index in [9.17, 15) is 9.59 Å². The average Bonchev–Trinajstić information content (AvgIpc) is 3.52. The quantitative estimate of drug-likeness (QED) is 0.865. The summed E-state index contributed by atoms with van der Waals surface area (Å²) in [6.45, 7) is 5.29. The van der Waals surface area contributed by atoms with Gasteiger partial charge in [-0.3, -0.25) is 14.5 Å². The van der Waals surface area contributed by atoms with Crippen LogP contribution in [0.1, 0.15) is 54.6 Å². The molecule has 0 radical (unpaired) electrons. The number of carbonyl (C=O) groups is 2. The first-order valence-electron chi connectivity index (χ1n) is 10.2. The van der Waals surface area contributed by atoms with Gasteiger partial charge in [0.15, 0.2) is 0 Å². The topological polar surface area (TPSA) is 78.4 Å². The highest BCUT2D eigenvalue weighted by Crippen LogP contribution is 2.26.